The molecule has 1 aromatic rings. The monoisotopic (exact) mass is 254 g/mol. The van der Waals surface area contributed by atoms with Crippen molar-refractivity contribution in [2.24, 2.45) is 5.92 Å². The normalized spacial score (nSPS) is 17.8. The van der Waals surface area contributed by atoms with E-state index in [9.17, 15) is 8.42 Å². The first-order chi connectivity index (χ1) is 8.04. The van der Waals surface area contributed by atoms with Crippen molar-refractivity contribution in [2.75, 3.05) is 12.4 Å². The smallest absolute Gasteiger partial charge is 0.242 e. The number of hydrogen-bond donors (Lipinski definition) is 2. The van der Waals surface area contributed by atoms with E-state index in [2.05, 4.69) is 10.0 Å². The summed E-state index contributed by atoms with van der Waals surface area (Å²) in [5.41, 5.74) is 0.628. The van der Waals surface area contributed by atoms with E-state index in [0.717, 1.165) is 12.8 Å². The zero-order valence-corrected chi connectivity index (χ0v) is 10.9. The third kappa shape index (κ3) is 2.79. The topological polar surface area (TPSA) is 58.2 Å². The van der Waals surface area contributed by atoms with E-state index in [0.29, 0.717) is 16.5 Å². The Balaban J connectivity index is 2.24. The molecule has 0 radical (unpaired) electrons. The molecule has 1 unspecified atom stereocenters. The van der Waals surface area contributed by atoms with Crippen LogP contribution < -0.4 is 10.0 Å². The number of anilines is 1. The lowest BCUT2D eigenvalue weighted by atomic mass is 10.2. The number of hydrogen-bond acceptors (Lipinski definition) is 3. The van der Waals surface area contributed by atoms with Gasteiger partial charge in [-0.15, -0.1) is 0 Å². The van der Waals surface area contributed by atoms with Gasteiger partial charge in [0, 0.05) is 13.1 Å². The van der Waals surface area contributed by atoms with Gasteiger partial charge in [0.25, 0.3) is 0 Å². The molecule has 0 aromatic heterocycles. The summed E-state index contributed by atoms with van der Waals surface area (Å²) in [5, 5.41) is 2.90. The van der Waals surface area contributed by atoms with Crippen LogP contribution in [0, 0.1) is 5.92 Å². The van der Waals surface area contributed by atoms with Crippen molar-refractivity contribution in [3.05, 3.63) is 24.3 Å². The van der Waals surface area contributed by atoms with Gasteiger partial charge in [0.15, 0.2) is 0 Å². The van der Waals surface area contributed by atoms with Crippen molar-refractivity contribution in [1.82, 2.24) is 4.72 Å². The Morgan fingerprint density at radius 3 is 2.53 bits per heavy atom. The van der Waals surface area contributed by atoms with E-state index in [1.807, 2.05) is 13.0 Å². The van der Waals surface area contributed by atoms with Crippen LogP contribution in [0.1, 0.15) is 19.8 Å². The summed E-state index contributed by atoms with van der Waals surface area (Å²) >= 11 is 0. The Hall–Kier alpha value is -1.07. The van der Waals surface area contributed by atoms with Crippen LogP contribution in [0.25, 0.3) is 0 Å². The molecular formula is C12H18N2O2S. The number of sulfonamides is 1. The van der Waals surface area contributed by atoms with Gasteiger partial charge < -0.3 is 5.32 Å². The van der Waals surface area contributed by atoms with Crippen LogP contribution in [-0.2, 0) is 10.0 Å². The molecule has 1 saturated carbocycles. The van der Waals surface area contributed by atoms with Crippen molar-refractivity contribution >= 4 is 15.7 Å². The van der Waals surface area contributed by atoms with Gasteiger partial charge in [-0.05, 0) is 37.8 Å². The van der Waals surface area contributed by atoms with Crippen molar-refractivity contribution in [3.8, 4) is 0 Å². The highest BCUT2D eigenvalue weighted by molar-refractivity contribution is 7.89. The molecule has 2 N–H and O–H groups in total. The molecule has 17 heavy (non-hydrogen) atoms. The van der Waals surface area contributed by atoms with E-state index in [1.165, 1.54) is 0 Å². The predicted octanol–water partition coefficient (Wildman–Crippen LogP) is 1.81. The second-order valence-corrected chi connectivity index (χ2v) is 6.18. The molecule has 1 aliphatic carbocycles. The van der Waals surface area contributed by atoms with Crippen molar-refractivity contribution in [2.45, 2.75) is 30.7 Å². The first-order valence-electron chi connectivity index (χ1n) is 5.83. The summed E-state index contributed by atoms with van der Waals surface area (Å²) in [7, 11) is -1.70. The number of nitrogens with one attached hydrogen (secondary N) is 2. The van der Waals surface area contributed by atoms with E-state index < -0.39 is 10.0 Å². The maximum Gasteiger partial charge on any atom is 0.242 e. The predicted molar refractivity (Wildman–Crippen MR) is 68.5 cm³/mol. The SMILES string of the molecule is CNc1ccccc1S(=O)(=O)NC(C)C1CC1. The average Bonchev–Trinajstić information content (AvgIpc) is 3.12. The van der Waals surface area contributed by atoms with Crippen molar-refractivity contribution in [3.63, 3.8) is 0 Å². The summed E-state index contributed by atoms with van der Waals surface area (Å²) in [6.07, 6.45) is 2.24. The molecule has 0 bridgehead atoms. The van der Waals surface area contributed by atoms with Crippen LogP contribution in [0.3, 0.4) is 0 Å². The summed E-state index contributed by atoms with van der Waals surface area (Å²) in [5.74, 6) is 0.506. The Morgan fingerprint density at radius 1 is 1.29 bits per heavy atom. The molecular weight excluding hydrogens is 236 g/mol. The van der Waals surface area contributed by atoms with E-state index in [1.54, 1.807) is 25.2 Å². The van der Waals surface area contributed by atoms with E-state index >= 15 is 0 Å². The summed E-state index contributed by atoms with van der Waals surface area (Å²) in [6, 6.07) is 6.95. The fourth-order valence-corrected chi connectivity index (χ4v) is 3.43. The maximum absolute atomic E-state index is 12.2. The van der Waals surface area contributed by atoms with Crippen LogP contribution in [0.5, 0.6) is 0 Å². The largest absolute Gasteiger partial charge is 0.387 e. The molecule has 5 heteroatoms. The van der Waals surface area contributed by atoms with Gasteiger partial charge >= 0.3 is 0 Å². The zero-order valence-electron chi connectivity index (χ0n) is 10.1. The van der Waals surface area contributed by atoms with Gasteiger partial charge in [-0.25, -0.2) is 13.1 Å². The minimum Gasteiger partial charge on any atom is -0.387 e. The summed E-state index contributed by atoms with van der Waals surface area (Å²) in [4.78, 5) is 0.315. The molecule has 0 heterocycles. The Bertz CT molecular complexity index is 495. The lowest BCUT2D eigenvalue weighted by Crippen LogP contribution is -2.34. The van der Waals surface area contributed by atoms with Gasteiger partial charge in [0.2, 0.25) is 10.0 Å². The van der Waals surface area contributed by atoms with Gasteiger partial charge in [0.1, 0.15) is 4.90 Å². The molecule has 0 spiro atoms. The lowest BCUT2D eigenvalue weighted by Gasteiger charge is -2.15. The van der Waals surface area contributed by atoms with Gasteiger partial charge in [0.05, 0.1) is 5.69 Å². The zero-order chi connectivity index (χ0) is 12.5. The molecule has 1 atom stereocenters. The maximum atomic E-state index is 12.2. The number of benzene rings is 1. The number of rotatable bonds is 5. The van der Waals surface area contributed by atoms with Crippen molar-refractivity contribution in [1.29, 1.82) is 0 Å². The highest BCUT2D eigenvalue weighted by Crippen LogP contribution is 2.33. The molecule has 1 aliphatic rings. The third-order valence-corrected chi connectivity index (χ3v) is 4.73. The standard InChI is InChI=1S/C12H18N2O2S/c1-9(10-7-8-10)14-17(15,16)12-6-4-3-5-11(12)13-2/h3-6,9-10,13-14H,7-8H2,1-2H3. The quantitative estimate of drug-likeness (QED) is 0.842. The molecule has 1 fully saturated rings. The van der Waals surface area contributed by atoms with Gasteiger partial charge in [-0.1, -0.05) is 12.1 Å². The second-order valence-electron chi connectivity index (χ2n) is 4.49. The molecule has 2 rings (SSSR count). The van der Waals surface area contributed by atoms with Crippen LogP contribution in [0.15, 0.2) is 29.2 Å². The Morgan fingerprint density at radius 2 is 1.94 bits per heavy atom. The van der Waals surface area contributed by atoms with Crippen LogP contribution in [0.2, 0.25) is 0 Å². The lowest BCUT2D eigenvalue weighted by molar-refractivity contribution is 0.538. The van der Waals surface area contributed by atoms with Crippen LogP contribution in [-0.4, -0.2) is 21.5 Å². The molecule has 4 nitrogen and oxygen atoms in total. The fraction of sp³-hybridized carbons (Fsp3) is 0.500. The molecule has 0 saturated heterocycles. The first-order valence-corrected chi connectivity index (χ1v) is 7.32. The van der Waals surface area contributed by atoms with Crippen molar-refractivity contribution < 1.29 is 8.42 Å². The highest BCUT2D eigenvalue weighted by atomic mass is 32.2. The molecule has 94 valence electrons. The minimum atomic E-state index is -3.42. The van der Waals surface area contributed by atoms with Crippen LogP contribution in [0.4, 0.5) is 5.69 Å². The molecule has 1 aromatic carbocycles. The number of para-hydroxylation sites is 1. The fourth-order valence-electron chi connectivity index (χ4n) is 1.91. The Kier molecular flexibility index (Phi) is 3.40. The van der Waals surface area contributed by atoms with E-state index in [-0.39, 0.29) is 6.04 Å². The van der Waals surface area contributed by atoms with Crippen LogP contribution >= 0.6 is 0 Å². The van der Waals surface area contributed by atoms with E-state index in [4.69, 9.17) is 0 Å². The van der Waals surface area contributed by atoms with Gasteiger partial charge in [-0.3, -0.25) is 0 Å². The molecule has 0 aliphatic heterocycles. The Labute approximate surface area is 102 Å². The average molecular weight is 254 g/mol. The molecule has 0 amide bonds. The minimum absolute atomic E-state index is 0.0184. The third-order valence-electron chi connectivity index (χ3n) is 3.12. The second kappa shape index (κ2) is 4.66. The van der Waals surface area contributed by atoms with Gasteiger partial charge in [-0.2, -0.15) is 0 Å². The summed E-state index contributed by atoms with van der Waals surface area (Å²) < 4.78 is 27.1. The highest BCUT2D eigenvalue weighted by Gasteiger charge is 2.31. The first kappa shape index (κ1) is 12.4. The summed E-state index contributed by atoms with van der Waals surface area (Å²) in [6.45, 7) is 1.93.